The van der Waals surface area contributed by atoms with Crippen molar-refractivity contribution in [2.45, 2.75) is 25.2 Å². The van der Waals surface area contributed by atoms with E-state index in [9.17, 15) is 18.3 Å². The molecule has 0 aromatic heterocycles. The van der Waals surface area contributed by atoms with Gasteiger partial charge < -0.3 is 5.11 Å². The van der Waals surface area contributed by atoms with Gasteiger partial charge in [-0.15, -0.1) is 0 Å². The number of aliphatic imine (C=N–C) groups is 1. The Hall–Kier alpha value is -0.0936. The van der Waals surface area contributed by atoms with Gasteiger partial charge in [-0.25, -0.2) is 0 Å². The number of carbonyl (C=O) groups is 1. The minimum atomic E-state index is -4.34. The summed E-state index contributed by atoms with van der Waals surface area (Å²) in [6, 6.07) is 3.71. The minimum Gasteiger partial charge on any atom is -0.861 e. The average molecular weight is 309 g/mol. The Morgan fingerprint density at radius 2 is 2.00 bits per heavy atom. The number of ketones is 1. The first-order valence-corrected chi connectivity index (χ1v) is 6.46. The van der Waals surface area contributed by atoms with Gasteiger partial charge in [0.1, 0.15) is 5.78 Å². The van der Waals surface area contributed by atoms with Crippen molar-refractivity contribution in [1.29, 1.82) is 0 Å². The van der Waals surface area contributed by atoms with Crippen LogP contribution in [-0.2, 0) is 14.9 Å². The third-order valence-corrected chi connectivity index (χ3v) is 2.97. The van der Waals surface area contributed by atoms with Crippen LogP contribution in [0, 0.1) is 6.92 Å². The van der Waals surface area contributed by atoms with Gasteiger partial charge in [-0.3, -0.25) is 14.3 Å². The van der Waals surface area contributed by atoms with Gasteiger partial charge in [0.25, 0.3) is 10.1 Å². The fraction of sp³-hybridized carbons (Fsp3) is 0.273. The molecule has 0 fully saturated rings. The van der Waals surface area contributed by atoms with E-state index < -0.39 is 16.0 Å². The number of benzene rings is 1. The molecule has 0 aliphatic carbocycles. The number of hydrogen-bond donors (Lipinski definition) is 1. The van der Waals surface area contributed by atoms with Crippen molar-refractivity contribution in [3.8, 4) is 0 Å². The Labute approximate surface area is 154 Å². The van der Waals surface area contributed by atoms with Crippen LogP contribution < -0.4 is 56.5 Å². The summed E-state index contributed by atoms with van der Waals surface area (Å²) in [6.45, 7) is 2.89. The molecule has 0 atom stereocenters. The summed E-state index contributed by atoms with van der Waals surface area (Å²) < 4.78 is 30.7. The van der Waals surface area contributed by atoms with Crippen molar-refractivity contribution in [1.82, 2.24) is 0 Å². The van der Waals surface area contributed by atoms with E-state index in [1.54, 1.807) is 6.92 Å². The molecule has 0 radical (unpaired) electrons. The molecule has 1 aromatic rings. The van der Waals surface area contributed by atoms with Crippen molar-refractivity contribution in [3.05, 3.63) is 23.8 Å². The van der Waals surface area contributed by atoms with Crippen LogP contribution in [0.1, 0.15) is 18.9 Å². The quantitative estimate of drug-likeness (QED) is 0.289. The second-order valence-electron chi connectivity index (χ2n) is 3.81. The molecule has 8 heteroatoms. The van der Waals surface area contributed by atoms with Crippen LogP contribution in [0.5, 0.6) is 0 Å². The summed E-state index contributed by atoms with van der Waals surface area (Å²) in [5.41, 5.74) is 0.690. The predicted molar refractivity (Wildman–Crippen MR) is 63.4 cm³/mol. The Bertz CT molecular complexity index is 610. The standard InChI is InChI=1S/C11H13NO5S.K/c1-7-3-4-9(18(15,16)17)6-10(7)12-11(14)5-8(2)13;/h3-4,6H,5H2,1-2H3,(H,12,14)(H,15,16,17);/q;+1/p-1. The third-order valence-electron chi connectivity index (χ3n) is 2.12. The number of aryl methyl sites for hydroxylation is 1. The van der Waals surface area contributed by atoms with E-state index in [-0.39, 0.29) is 74.2 Å². The maximum absolute atomic E-state index is 11.3. The van der Waals surface area contributed by atoms with E-state index in [2.05, 4.69) is 4.99 Å². The Morgan fingerprint density at radius 3 is 2.47 bits per heavy atom. The number of hydrogen-bond acceptors (Lipinski definition) is 5. The van der Waals surface area contributed by atoms with Crippen LogP contribution in [0.15, 0.2) is 28.1 Å². The maximum Gasteiger partial charge on any atom is 1.00 e. The molecule has 6 nitrogen and oxygen atoms in total. The molecule has 1 rings (SSSR count). The monoisotopic (exact) mass is 309 g/mol. The number of rotatable bonds is 4. The zero-order valence-corrected chi connectivity index (χ0v) is 14.8. The van der Waals surface area contributed by atoms with Crippen molar-refractivity contribution < 1.29 is 74.3 Å². The van der Waals surface area contributed by atoms with Gasteiger partial charge in [-0.1, -0.05) is 6.07 Å². The van der Waals surface area contributed by atoms with E-state index in [0.717, 1.165) is 6.07 Å². The van der Waals surface area contributed by atoms with E-state index in [0.29, 0.717) is 5.56 Å². The van der Waals surface area contributed by atoms with E-state index in [4.69, 9.17) is 4.55 Å². The van der Waals surface area contributed by atoms with Gasteiger partial charge >= 0.3 is 51.4 Å². The average Bonchev–Trinajstić information content (AvgIpc) is 2.18. The van der Waals surface area contributed by atoms with Gasteiger partial charge in [0.05, 0.1) is 10.6 Å². The zero-order chi connectivity index (χ0) is 13.9. The Balaban J connectivity index is 0.00000324. The van der Waals surface area contributed by atoms with Crippen molar-refractivity contribution in [2.24, 2.45) is 4.99 Å². The van der Waals surface area contributed by atoms with Crippen LogP contribution >= 0.6 is 0 Å². The molecule has 0 saturated heterocycles. The fourth-order valence-corrected chi connectivity index (χ4v) is 1.76. The van der Waals surface area contributed by atoms with Crippen LogP contribution in [0.25, 0.3) is 0 Å². The molecule has 0 aliphatic rings. The molecule has 98 valence electrons. The molecule has 0 unspecified atom stereocenters. The normalized spacial score (nSPS) is 11.8. The number of carbonyl (C=O) groups excluding carboxylic acids is 1. The largest absolute Gasteiger partial charge is 1.00 e. The molecule has 0 aliphatic heterocycles. The summed E-state index contributed by atoms with van der Waals surface area (Å²) in [4.78, 5) is 14.0. The van der Waals surface area contributed by atoms with Crippen LogP contribution in [0.3, 0.4) is 0 Å². The summed E-state index contributed by atoms with van der Waals surface area (Å²) >= 11 is 0. The van der Waals surface area contributed by atoms with Gasteiger partial charge in [0, 0.05) is 6.42 Å². The van der Waals surface area contributed by atoms with E-state index in [1.165, 1.54) is 19.1 Å². The van der Waals surface area contributed by atoms with Gasteiger partial charge in [0.15, 0.2) is 0 Å². The third kappa shape index (κ3) is 6.26. The molecular formula is C11H12KNO5S. The second-order valence-corrected chi connectivity index (χ2v) is 5.23. The van der Waals surface area contributed by atoms with Crippen molar-refractivity contribution in [3.63, 3.8) is 0 Å². The van der Waals surface area contributed by atoms with E-state index in [1.807, 2.05) is 0 Å². The second kappa shape index (κ2) is 7.63. The SMILES string of the molecule is CC(=O)CC([O-])=Nc1cc(S(=O)(=O)O)ccc1C.[K+]. The van der Waals surface area contributed by atoms with Crippen LogP contribution in [0.2, 0.25) is 0 Å². The molecule has 19 heavy (non-hydrogen) atoms. The summed E-state index contributed by atoms with van der Waals surface area (Å²) in [5, 5.41) is 11.3. The van der Waals surface area contributed by atoms with Crippen molar-refractivity contribution in [2.75, 3.05) is 0 Å². The Kier molecular flexibility index (Phi) is 7.59. The zero-order valence-electron chi connectivity index (χ0n) is 10.9. The minimum absolute atomic E-state index is 0. The first-order chi connectivity index (χ1) is 8.20. The Morgan fingerprint density at radius 1 is 1.42 bits per heavy atom. The molecule has 0 spiro atoms. The van der Waals surface area contributed by atoms with Crippen LogP contribution in [0.4, 0.5) is 5.69 Å². The predicted octanol–water partition coefficient (Wildman–Crippen LogP) is -2.38. The summed E-state index contributed by atoms with van der Waals surface area (Å²) in [6.07, 6.45) is -0.338. The van der Waals surface area contributed by atoms with E-state index >= 15 is 0 Å². The fourth-order valence-electron chi connectivity index (χ4n) is 1.26. The first kappa shape index (κ1) is 18.9. The molecule has 1 N–H and O–H groups in total. The van der Waals surface area contributed by atoms with Gasteiger partial charge in [0.2, 0.25) is 0 Å². The topological polar surface area (TPSA) is 107 Å². The first-order valence-electron chi connectivity index (χ1n) is 5.02. The molecule has 0 heterocycles. The van der Waals surface area contributed by atoms with Gasteiger partial charge in [-0.05, 0) is 37.4 Å². The number of nitrogens with zero attached hydrogens (tertiary/aromatic N) is 1. The molecule has 0 amide bonds. The smallest absolute Gasteiger partial charge is 0.861 e. The summed E-state index contributed by atoms with van der Waals surface area (Å²) in [5.74, 6) is -0.981. The maximum atomic E-state index is 11.3. The van der Waals surface area contributed by atoms with Crippen molar-refractivity contribution >= 4 is 27.5 Å². The molecular weight excluding hydrogens is 297 g/mol. The molecule has 1 aromatic carbocycles. The molecule has 0 saturated carbocycles. The number of Topliss-reactive ketones (excluding diaryl/α,β-unsaturated/α-hetero) is 1. The van der Waals surface area contributed by atoms with Gasteiger partial charge in [-0.2, -0.15) is 8.42 Å². The molecule has 0 bridgehead atoms. The summed E-state index contributed by atoms with van der Waals surface area (Å²) in [7, 11) is -4.34. The van der Waals surface area contributed by atoms with Crippen LogP contribution in [-0.4, -0.2) is 24.7 Å².